The number of rotatable bonds is 1. The molecule has 0 heterocycles. The Morgan fingerprint density at radius 3 is 2.73 bits per heavy atom. The standard InChI is InChI=1S/C13H12BrN/c1-8(2)11-3-4-12-9(7-15)5-10(14)6-13(11)12/h3,5-6,8H,4H2,1-2H3. The van der Waals surface area contributed by atoms with Crippen molar-refractivity contribution in [3.8, 4) is 6.07 Å². The fourth-order valence-corrected chi connectivity index (χ4v) is 2.54. The van der Waals surface area contributed by atoms with Gasteiger partial charge in [-0.1, -0.05) is 35.9 Å². The minimum atomic E-state index is 0.520. The zero-order chi connectivity index (χ0) is 11.0. The van der Waals surface area contributed by atoms with Gasteiger partial charge in [0.2, 0.25) is 0 Å². The maximum absolute atomic E-state index is 9.06. The molecule has 1 aromatic rings. The third-order valence-electron chi connectivity index (χ3n) is 2.79. The maximum Gasteiger partial charge on any atom is 0.0995 e. The van der Waals surface area contributed by atoms with Gasteiger partial charge in [-0.2, -0.15) is 5.26 Å². The first-order valence-corrected chi connectivity index (χ1v) is 5.85. The molecule has 2 rings (SSSR count). The lowest BCUT2D eigenvalue weighted by Crippen LogP contribution is -1.94. The molecule has 0 radical (unpaired) electrons. The highest BCUT2D eigenvalue weighted by molar-refractivity contribution is 9.10. The molecule has 0 amide bonds. The van der Waals surface area contributed by atoms with Crippen LogP contribution in [-0.4, -0.2) is 0 Å². The summed E-state index contributed by atoms with van der Waals surface area (Å²) in [6, 6.07) is 6.28. The highest BCUT2D eigenvalue weighted by atomic mass is 79.9. The molecule has 0 bridgehead atoms. The molecule has 76 valence electrons. The number of allylic oxidation sites excluding steroid dienone is 2. The molecule has 0 fully saturated rings. The van der Waals surface area contributed by atoms with Crippen molar-refractivity contribution in [3.05, 3.63) is 39.4 Å². The summed E-state index contributed by atoms with van der Waals surface area (Å²) in [4.78, 5) is 0. The summed E-state index contributed by atoms with van der Waals surface area (Å²) in [5.74, 6) is 0.520. The molecule has 1 aliphatic rings. The minimum absolute atomic E-state index is 0.520. The molecule has 0 unspecified atom stereocenters. The first kappa shape index (κ1) is 10.4. The zero-order valence-electron chi connectivity index (χ0n) is 8.84. The quantitative estimate of drug-likeness (QED) is 0.752. The number of nitriles is 1. The average molecular weight is 262 g/mol. The number of halogens is 1. The van der Waals surface area contributed by atoms with Crippen molar-refractivity contribution in [2.24, 2.45) is 5.92 Å². The molecule has 0 aromatic heterocycles. The van der Waals surface area contributed by atoms with Crippen molar-refractivity contribution in [3.63, 3.8) is 0 Å². The van der Waals surface area contributed by atoms with Crippen molar-refractivity contribution in [2.75, 3.05) is 0 Å². The lowest BCUT2D eigenvalue weighted by molar-refractivity contribution is 0.857. The second-order valence-electron chi connectivity index (χ2n) is 4.11. The van der Waals surface area contributed by atoms with E-state index in [0.717, 1.165) is 16.5 Å². The molecule has 0 N–H and O–H groups in total. The molecular weight excluding hydrogens is 250 g/mol. The van der Waals surface area contributed by atoms with Crippen LogP contribution >= 0.6 is 15.9 Å². The van der Waals surface area contributed by atoms with Gasteiger partial charge in [0.15, 0.2) is 0 Å². The summed E-state index contributed by atoms with van der Waals surface area (Å²) in [5, 5.41) is 9.06. The van der Waals surface area contributed by atoms with Crippen LogP contribution in [0.3, 0.4) is 0 Å². The molecular formula is C13H12BrN. The second kappa shape index (κ2) is 3.83. The number of fused-ring (bicyclic) bond motifs is 1. The van der Waals surface area contributed by atoms with Gasteiger partial charge in [0.05, 0.1) is 11.6 Å². The Labute approximate surface area is 98.6 Å². The summed E-state index contributed by atoms with van der Waals surface area (Å²) in [7, 11) is 0. The summed E-state index contributed by atoms with van der Waals surface area (Å²) < 4.78 is 0.992. The predicted molar refractivity (Wildman–Crippen MR) is 65.4 cm³/mol. The first-order chi connectivity index (χ1) is 7.13. The van der Waals surface area contributed by atoms with Crippen LogP contribution in [-0.2, 0) is 6.42 Å². The SMILES string of the molecule is CC(C)C1=CCc2c(C#N)cc(Br)cc21. The van der Waals surface area contributed by atoms with Gasteiger partial charge in [0.1, 0.15) is 0 Å². The Kier molecular flexibility index (Phi) is 2.67. The van der Waals surface area contributed by atoms with Gasteiger partial charge in [-0.05, 0) is 41.2 Å². The van der Waals surface area contributed by atoms with E-state index >= 15 is 0 Å². The van der Waals surface area contributed by atoms with Crippen molar-refractivity contribution in [2.45, 2.75) is 20.3 Å². The highest BCUT2D eigenvalue weighted by Gasteiger charge is 2.19. The maximum atomic E-state index is 9.06. The monoisotopic (exact) mass is 261 g/mol. The number of hydrogen-bond donors (Lipinski definition) is 0. The van der Waals surface area contributed by atoms with Crippen LogP contribution in [0.1, 0.15) is 30.5 Å². The number of hydrogen-bond acceptors (Lipinski definition) is 1. The van der Waals surface area contributed by atoms with Crippen molar-refractivity contribution in [1.82, 2.24) is 0 Å². The fourth-order valence-electron chi connectivity index (χ4n) is 2.08. The summed E-state index contributed by atoms with van der Waals surface area (Å²) >= 11 is 3.45. The van der Waals surface area contributed by atoms with Gasteiger partial charge in [-0.25, -0.2) is 0 Å². The largest absolute Gasteiger partial charge is 0.192 e. The topological polar surface area (TPSA) is 23.8 Å². The van der Waals surface area contributed by atoms with E-state index in [-0.39, 0.29) is 0 Å². The fraction of sp³-hybridized carbons (Fsp3) is 0.308. The molecule has 0 saturated heterocycles. The molecule has 0 aliphatic heterocycles. The minimum Gasteiger partial charge on any atom is -0.192 e. The molecule has 0 saturated carbocycles. The van der Waals surface area contributed by atoms with E-state index < -0.39 is 0 Å². The third kappa shape index (κ3) is 1.72. The molecule has 0 atom stereocenters. The molecule has 2 heteroatoms. The van der Waals surface area contributed by atoms with Crippen LogP contribution in [0.5, 0.6) is 0 Å². The normalized spacial score (nSPS) is 13.7. The van der Waals surface area contributed by atoms with E-state index in [9.17, 15) is 0 Å². The lowest BCUT2D eigenvalue weighted by Gasteiger charge is -2.10. The summed E-state index contributed by atoms with van der Waals surface area (Å²) in [6.45, 7) is 4.38. The molecule has 15 heavy (non-hydrogen) atoms. The third-order valence-corrected chi connectivity index (χ3v) is 3.25. The Morgan fingerprint density at radius 1 is 1.40 bits per heavy atom. The Balaban J connectivity index is 2.60. The predicted octanol–water partition coefficient (Wildman–Crippen LogP) is 3.92. The van der Waals surface area contributed by atoms with E-state index in [4.69, 9.17) is 5.26 Å². The van der Waals surface area contributed by atoms with Gasteiger partial charge >= 0.3 is 0 Å². The van der Waals surface area contributed by atoms with Gasteiger partial charge in [-0.3, -0.25) is 0 Å². The van der Waals surface area contributed by atoms with Gasteiger partial charge < -0.3 is 0 Å². The molecule has 1 aliphatic carbocycles. The van der Waals surface area contributed by atoms with E-state index in [1.54, 1.807) is 0 Å². The van der Waals surface area contributed by atoms with Crippen LogP contribution in [0.4, 0.5) is 0 Å². The van der Waals surface area contributed by atoms with E-state index in [0.29, 0.717) is 5.92 Å². The van der Waals surface area contributed by atoms with E-state index in [1.807, 2.05) is 6.07 Å². The molecule has 1 nitrogen and oxygen atoms in total. The Morgan fingerprint density at radius 2 is 2.13 bits per heavy atom. The van der Waals surface area contributed by atoms with Crippen LogP contribution in [0, 0.1) is 17.2 Å². The van der Waals surface area contributed by atoms with Crippen molar-refractivity contribution in [1.29, 1.82) is 5.26 Å². The average Bonchev–Trinajstić information content (AvgIpc) is 2.59. The van der Waals surface area contributed by atoms with E-state index in [2.05, 4.69) is 48.0 Å². The molecule has 0 spiro atoms. The summed E-state index contributed by atoms with van der Waals surface area (Å²) in [6.07, 6.45) is 3.14. The number of benzene rings is 1. The van der Waals surface area contributed by atoms with Crippen LogP contribution in [0.15, 0.2) is 22.7 Å². The first-order valence-electron chi connectivity index (χ1n) is 5.06. The van der Waals surface area contributed by atoms with Crippen LogP contribution < -0.4 is 0 Å². The number of nitrogens with zero attached hydrogens (tertiary/aromatic N) is 1. The summed E-state index contributed by atoms with van der Waals surface area (Å²) in [5.41, 5.74) is 4.59. The smallest absolute Gasteiger partial charge is 0.0995 e. The highest BCUT2D eigenvalue weighted by Crippen LogP contribution is 2.36. The Hall–Kier alpha value is -1.07. The molecule has 1 aromatic carbocycles. The van der Waals surface area contributed by atoms with Crippen LogP contribution in [0.2, 0.25) is 0 Å². The van der Waals surface area contributed by atoms with Gasteiger partial charge in [0.25, 0.3) is 0 Å². The van der Waals surface area contributed by atoms with E-state index in [1.165, 1.54) is 16.7 Å². The van der Waals surface area contributed by atoms with Crippen LogP contribution in [0.25, 0.3) is 5.57 Å². The lowest BCUT2D eigenvalue weighted by atomic mass is 9.95. The van der Waals surface area contributed by atoms with Gasteiger partial charge in [-0.15, -0.1) is 0 Å². The Bertz CT molecular complexity index is 478. The van der Waals surface area contributed by atoms with Gasteiger partial charge in [0, 0.05) is 4.47 Å². The van der Waals surface area contributed by atoms with Crippen molar-refractivity contribution < 1.29 is 0 Å². The zero-order valence-corrected chi connectivity index (χ0v) is 10.4. The van der Waals surface area contributed by atoms with Crippen molar-refractivity contribution >= 4 is 21.5 Å². The second-order valence-corrected chi connectivity index (χ2v) is 5.03.